The van der Waals surface area contributed by atoms with Crippen molar-refractivity contribution >= 4 is 17.7 Å². The highest BCUT2D eigenvalue weighted by atomic mass is 32.2. The number of amides is 1. The standard InChI is InChI=1S/C24H43NO5S/c1-8-12-30-21(17-19(3)23(4,5)18-29-16-15-27-9-2)25-22(26)24(6,7)31-20-10-13-28-14-11-20/h17,20H,3,8-16,18H2,1-2,4-7H3,(H,25,26)/b21-17-. The molecule has 1 aliphatic rings. The fraction of sp³-hybridized carbons (Fsp3) is 0.792. The number of allylic oxidation sites excluding steroid dienone is 1. The van der Waals surface area contributed by atoms with Crippen LogP contribution in [-0.2, 0) is 23.7 Å². The molecule has 0 aromatic carbocycles. The normalized spacial score (nSPS) is 16.3. The van der Waals surface area contributed by atoms with Crippen LogP contribution in [0, 0.1) is 5.41 Å². The highest BCUT2D eigenvalue weighted by Crippen LogP contribution is 2.34. The second kappa shape index (κ2) is 14.2. The SMILES string of the molecule is C=C(/C=C(/NC(=O)C(C)(C)SC1CCOCC1)OCCC)C(C)(C)COCCOCC. The summed E-state index contributed by atoms with van der Waals surface area (Å²) in [5.74, 6) is 0.379. The number of hydrogen-bond acceptors (Lipinski definition) is 6. The quantitative estimate of drug-likeness (QED) is 0.218. The summed E-state index contributed by atoms with van der Waals surface area (Å²) < 4.78 is 21.8. The van der Waals surface area contributed by atoms with E-state index in [2.05, 4.69) is 25.7 Å². The maximum Gasteiger partial charge on any atom is 0.242 e. The molecule has 1 fully saturated rings. The molecule has 1 N–H and O–H groups in total. The third kappa shape index (κ3) is 10.9. The van der Waals surface area contributed by atoms with Gasteiger partial charge in [0.2, 0.25) is 5.91 Å². The lowest BCUT2D eigenvalue weighted by atomic mass is 9.86. The van der Waals surface area contributed by atoms with Crippen molar-refractivity contribution in [2.24, 2.45) is 5.41 Å². The Balaban J connectivity index is 2.74. The molecule has 0 aromatic rings. The molecule has 0 radical (unpaired) electrons. The second-order valence-corrected chi connectivity index (χ2v) is 10.8. The van der Waals surface area contributed by atoms with Gasteiger partial charge < -0.3 is 18.9 Å². The van der Waals surface area contributed by atoms with Crippen molar-refractivity contribution < 1.29 is 23.7 Å². The molecule has 6 nitrogen and oxygen atoms in total. The van der Waals surface area contributed by atoms with Crippen molar-refractivity contribution in [2.75, 3.05) is 46.2 Å². The highest BCUT2D eigenvalue weighted by molar-refractivity contribution is 8.01. The molecule has 0 unspecified atom stereocenters. The van der Waals surface area contributed by atoms with Crippen LogP contribution in [0.25, 0.3) is 0 Å². The first-order chi connectivity index (χ1) is 14.6. The van der Waals surface area contributed by atoms with Crippen LogP contribution in [0.4, 0.5) is 0 Å². The number of carbonyl (C=O) groups is 1. The maximum absolute atomic E-state index is 13.1. The molecule has 31 heavy (non-hydrogen) atoms. The first-order valence-electron chi connectivity index (χ1n) is 11.4. The van der Waals surface area contributed by atoms with Crippen LogP contribution in [0.5, 0.6) is 0 Å². The van der Waals surface area contributed by atoms with Gasteiger partial charge in [0.05, 0.1) is 31.2 Å². The Hall–Kier alpha value is -1.02. The molecule has 0 saturated carbocycles. The van der Waals surface area contributed by atoms with Gasteiger partial charge in [0, 0.05) is 36.6 Å². The monoisotopic (exact) mass is 457 g/mol. The zero-order chi connectivity index (χ0) is 23.3. The molecule has 1 heterocycles. The van der Waals surface area contributed by atoms with E-state index in [1.807, 2.05) is 33.8 Å². The van der Waals surface area contributed by atoms with Crippen LogP contribution >= 0.6 is 11.8 Å². The van der Waals surface area contributed by atoms with Crippen molar-refractivity contribution in [2.45, 2.75) is 70.8 Å². The van der Waals surface area contributed by atoms with E-state index in [0.29, 0.717) is 44.2 Å². The zero-order valence-corrected chi connectivity index (χ0v) is 21.2. The van der Waals surface area contributed by atoms with Gasteiger partial charge in [-0.25, -0.2) is 0 Å². The first kappa shape index (κ1) is 28.0. The Labute approximate surface area is 193 Å². The Bertz CT molecular complexity index is 583. The molecule has 0 bridgehead atoms. The number of thioether (sulfide) groups is 1. The molecular weight excluding hydrogens is 414 g/mol. The third-order valence-electron chi connectivity index (χ3n) is 5.09. The Morgan fingerprint density at radius 3 is 2.39 bits per heavy atom. The van der Waals surface area contributed by atoms with Gasteiger partial charge in [-0.1, -0.05) is 27.4 Å². The Kier molecular flexibility index (Phi) is 12.8. The van der Waals surface area contributed by atoms with E-state index < -0.39 is 4.75 Å². The topological polar surface area (TPSA) is 66.0 Å². The lowest BCUT2D eigenvalue weighted by Crippen LogP contribution is -2.41. The number of nitrogens with one attached hydrogen (secondary N) is 1. The fourth-order valence-corrected chi connectivity index (χ4v) is 4.31. The van der Waals surface area contributed by atoms with Gasteiger partial charge in [-0.15, -0.1) is 11.8 Å². The van der Waals surface area contributed by atoms with Gasteiger partial charge in [0.15, 0.2) is 5.88 Å². The third-order valence-corrected chi connectivity index (χ3v) is 6.67. The van der Waals surface area contributed by atoms with Crippen LogP contribution < -0.4 is 5.32 Å². The van der Waals surface area contributed by atoms with Gasteiger partial charge in [0.25, 0.3) is 0 Å². The minimum atomic E-state index is -0.574. The summed E-state index contributed by atoms with van der Waals surface area (Å²) in [7, 11) is 0. The average molecular weight is 458 g/mol. The van der Waals surface area contributed by atoms with E-state index in [9.17, 15) is 4.79 Å². The Morgan fingerprint density at radius 2 is 1.77 bits per heavy atom. The van der Waals surface area contributed by atoms with E-state index in [0.717, 1.165) is 38.0 Å². The summed E-state index contributed by atoms with van der Waals surface area (Å²) in [4.78, 5) is 13.1. The van der Waals surface area contributed by atoms with Gasteiger partial charge in [-0.3, -0.25) is 10.1 Å². The van der Waals surface area contributed by atoms with Crippen LogP contribution in [-0.4, -0.2) is 62.2 Å². The van der Waals surface area contributed by atoms with Gasteiger partial charge in [-0.05, 0) is 45.6 Å². The molecule has 1 amide bonds. The number of ether oxygens (including phenoxy) is 4. The summed E-state index contributed by atoms with van der Waals surface area (Å²) >= 11 is 1.71. The van der Waals surface area contributed by atoms with Crippen molar-refractivity contribution in [3.8, 4) is 0 Å². The predicted molar refractivity (Wildman–Crippen MR) is 128 cm³/mol. The first-order valence-corrected chi connectivity index (χ1v) is 12.3. The maximum atomic E-state index is 13.1. The highest BCUT2D eigenvalue weighted by Gasteiger charge is 2.33. The predicted octanol–water partition coefficient (Wildman–Crippen LogP) is 4.70. The summed E-state index contributed by atoms with van der Waals surface area (Å²) in [5.41, 5.74) is 0.537. The lowest BCUT2D eigenvalue weighted by molar-refractivity contribution is -0.122. The van der Waals surface area contributed by atoms with E-state index >= 15 is 0 Å². The molecule has 1 rings (SSSR count). The fourth-order valence-electron chi connectivity index (χ4n) is 2.89. The molecule has 1 aliphatic heterocycles. The molecule has 0 spiro atoms. The molecule has 1 saturated heterocycles. The summed E-state index contributed by atoms with van der Waals surface area (Å²) in [6, 6.07) is 0. The second-order valence-electron chi connectivity index (χ2n) is 8.91. The largest absolute Gasteiger partial charge is 0.479 e. The minimum absolute atomic E-state index is 0.0649. The Morgan fingerprint density at radius 1 is 1.13 bits per heavy atom. The van der Waals surface area contributed by atoms with Gasteiger partial charge in [-0.2, -0.15) is 0 Å². The van der Waals surface area contributed by atoms with Crippen molar-refractivity contribution in [3.05, 3.63) is 24.1 Å². The van der Waals surface area contributed by atoms with E-state index in [1.165, 1.54) is 0 Å². The summed E-state index contributed by atoms with van der Waals surface area (Å²) in [5, 5.41) is 3.43. The number of carbonyl (C=O) groups excluding carboxylic acids is 1. The van der Waals surface area contributed by atoms with Crippen molar-refractivity contribution in [1.82, 2.24) is 5.32 Å². The van der Waals surface area contributed by atoms with Gasteiger partial charge in [0.1, 0.15) is 0 Å². The van der Waals surface area contributed by atoms with Crippen molar-refractivity contribution in [3.63, 3.8) is 0 Å². The molecule has 180 valence electrons. The zero-order valence-electron chi connectivity index (χ0n) is 20.4. The van der Waals surface area contributed by atoms with Crippen LogP contribution in [0.3, 0.4) is 0 Å². The molecule has 0 aliphatic carbocycles. The number of rotatable bonds is 15. The molecule has 0 atom stereocenters. The van der Waals surface area contributed by atoms with E-state index in [1.54, 1.807) is 11.8 Å². The van der Waals surface area contributed by atoms with Crippen LogP contribution in [0.15, 0.2) is 24.1 Å². The van der Waals surface area contributed by atoms with E-state index in [4.69, 9.17) is 18.9 Å². The molecule has 0 aromatic heterocycles. The smallest absolute Gasteiger partial charge is 0.242 e. The minimum Gasteiger partial charge on any atom is -0.479 e. The molecular formula is C24H43NO5S. The summed E-state index contributed by atoms with van der Waals surface area (Å²) in [6.07, 6.45) is 4.63. The van der Waals surface area contributed by atoms with Crippen LogP contribution in [0.2, 0.25) is 0 Å². The van der Waals surface area contributed by atoms with Crippen LogP contribution in [0.1, 0.15) is 60.8 Å². The molecule has 7 heteroatoms. The van der Waals surface area contributed by atoms with Gasteiger partial charge >= 0.3 is 0 Å². The summed E-state index contributed by atoms with van der Waals surface area (Å²) in [6.45, 7) is 20.6. The van der Waals surface area contributed by atoms with E-state index in [-0.39, 0.29) is 11.3 Å². The number of hydrogen-bond donors (Lipinski definition) is 1. The average Bonchev–Trinajstić information content (AvgIpc) is 2.72. The van der Waals surface area contributed by atoms with Crippen molar-refractivity contribution in [1.29, 1.82) is 0 Å². The lowest BCUT2D eigenvalue weighted by Gasteiger charge is -2.31.